The third-order valence-corrected chi connectivity index (χ3v) is 7.60. The molecule has 0 unspecified atom stereocenters. The van der Waals surface area contributed by atoms with Crippen molar-refractivity contribution in [3.8, 4) is 0 Å². The van der Waals surface area contributed by atoms with Gasteiger partial charge in [-0.15, -0.1) is 11.3 Å². The van der Waals surface area contributed by atoms with Gasteiger partial charge in [0.05, 0.1) is 13.2 Å². The molecular formula is C16H24N2O5S2. The van der Waals surface area contributed by atoms with E-state index in [2.05, 4.69) is 10.0 Å². The van der Waals surface area contributed by atoms with Crippen LogP contribution in [-0.4, -0.2) is 53.3 Å². The molecule has 1 amide bonds. The van der Waals surface area contributed by atoms with E-state index in [1.165, 1.54) is 6.07 Å². The lowest BCUT2D eigenvalue weighted by molar-refractivity contribution is -0.122. The summed E-state index contributed by atoms with van der Waals surface area (Å²) >= 11 is 1.13. The van der Waals surface area contributed by atoms with Crippen LogP contribution in [0.5, 0.6) is 0 Å². The van der Waals surface area contributed by atoms with E-state index in [0.29, 0.717) is 19.1 Å². The van der Waals surface area contributed by atoms with Crippen molar-refractivity contribution >= 4 is 27.3 Å². The third kappa shape index (κ3) is 5.01. The summed E-state index contributed by atoms with van der Waals surface area (Å²) in [5, 5.41) is 4.69. The van der Waals surface area contributed by atoms with Gasteiger partial charge in [0, 0.05) is 31.8 Å². The highest BCUT2D eigenvalue weighted by Gasteiger charge is 2.34. The minimum atomic E-state index is -3.62. The van der Waals surface area contributed by atoms with Gasteiger partial charge in [0.2, 0.25) is 5.91 Å². The van der Waals surface area contributed by atoms with E-state index in [0.717, 1.165) is 43.8 Å². The first-order chi connectivity index (χ1) is 12.1. The molecule has 0 aromatic carbocycles. The second-order valence-corrected chi connectivity index (χ2v) is 9.35. The number of rotatable bonds is 6. The summed E-state index contributed by atoms with van der Waals surface area (Å²) in [6.45, 7) is 2.51. The maximum Gasteiger partial charge on any atom is 0.250 e. The Morgan fingerprint density at radius 2 is 1.96 bits per heavy atom. The Hall–Kier alpha value is -1.00. The van der Waals surface area contributed by atoms with Crippen LogP contribution in [0, 0.1) is 11.8 Å². The van der Waals surface area contributed by atoms with Gasteiger partial charge in [-0.3, -0.25) is 4.79 Å². The topological polar surface area (TPSA) is 93.7 Å². The van der Waals surface area contributed by atoms with E-state index in [1.807, 2.05) is 0 Å². The fourth-order valence-electron chi connectivity index (χ4n) is 3.45. The summed E-state index contributed by atoms with van der Waals surface area (Å²) in [4.78, 5) is 12.3. The molecule has 2 N–H and O–H groups in total. The summed E-state index contributed by atoms with van der Waals surface area (Å²) in [5.74, 6) is 0.432. The van der Waals surface area contributed by atoms with Crippen molar-refractivity contribution in [3.05, 3.63) is 17.5 Å². The fraction of sp³-hybridized carbons (Fsp3) is 0.688. The molecule has 2 aliphatic rings. The average Bonchev–Trinajstić information content (AvgIpc) is 3.17. The molecule has 2 aliphatic heterocycles. The minimum Gasteiger partial charge on any atom is -0.381 e. The van der Waals surface area contributed by atoms with Crippen LogP contribution in [0.15, 0.2) is 21.7 Å². The summed E-state index contributed by atoms with van der Waals surface area (Å²) in [5.41, 5.74) is 0. The molecule has 25 heavy (non-hydrogen) atoms. The van der Waals surface area contributed by atoms with E-state index in [4.69, 9.17) is 9.47 Å². The predicted octanol–water partition coefficient (Wildman–Crippen LogP) is 0.974. The molecule has 140 valence electrons. The molecule has 0 bridgehead atoms. The first kappa shape index (κ1) is 18.8. The van der Waals surface area contributed by atoms with Gasteiger partial charge in [-0.2, -0.15) is 0 Å². The smallest absolute Gasteiger partial charge is 0.250 e. The highest BCUT2D eigenvalue weighted by atomic mass is 32.2. The van der Waals surface area contributed by atoms with E-state index >= 15 is 0 Å². The molecule has 3 heterocycles. The largest absolute Gasteiger partial charge is 0.381 e. The number of nitrogens with one attached hydrogen (secondary N) is 2. The van der Waals surface area contributed by atoms with Gasteiger partial charge in [0.25, 0.3) is 10.0 Å². The van der Waals surface area contributed by atoms with Crippen LogP contribution in [0.1, 0.15) is 19.3 Å². The normalized spacial score (nSPS) is 25.6. The van der Waals surface area contributed by atoms with Crippen molar-refractivity contribution in [2.75, 3.05) is 33.0 Å². The number of amides is 1. The van der Waals surface area contributed by atoms with Gasteiger partial charge in [0.15, 0.2) is 0 Å². The monoisotopic (exact) mass is 388 g/mol. The van der Waals surface area contributed by atoms with Crippen LogP contribution in [0.2, 0.25) is 0 Å². The van der Waals surface area contributed by atoms with Crippen LogP contribution in [-0.2, 0) is 24.3 Å². The van der Waals surface area contributed by atoms with Crippen LogP contribution < -0.4 is 10.0 Å². The molecule has 0 radical (unpaired) electrons. The van der Waals surface area contributed by atoms with Crippen molar-refractivity contribution < 1.29 is 22.7 Å². The lowest BCUT2D eigenvalue weighted by atomic mass is 9.79. The quantitative estimate of drug-likeness (QED) is 0.758. The highest BCUT2D eigenvalue weighted by molar-refractivity contribution is 7.91. The Bertz CT molecular complexity index is 656. The van der Waals surface area contributed by atoms with Gasteiger partial charge in [-0.05, 0) is 36.6 Å². The van der Waals surface area contributed by atoms with Crippen molar-refractivity contribution in [2.24, 2.45) is 11.8 Å². The molecule has 1 aromatic rings. The summed E-state index contributed by atoms with van der Waals surface area (Å²) in [6.07, 6.45) is 2.71. The second kappa shape index (κ2) is 8.59. The first-order valence-electron chi connectivity index (χ1n) is 8.54. The lowest BCUT2D eigenvalue weighted by Gasteiger charge is -2.39. The van der Waals surface area contributed by atoms with Crippen LogP contribution in [0.4, 0.5) is 0 Å². The summed E-state index contributed by atoms with van der Waals surface area (Å²) < 4.78 is 37.8. The van der Waals surface area contributed by atoms with Gasteiger partial charge in [-0.25, -0.2) is 13.1 Å². The van der Waals surface area contributed by atoms with Crippen molar-refractivity contribution in [2.45, 2.75) is 29.5 Å². The SMILES string of the molecule is O=C(CNS(=O)(=O)c1cccs1)N[C@@H]1CCOC[C@@H]1C1CCOCC1. The Morgan fingerprint density at radius 1 is 1.20 bits per heavy atom. The summed E-state index contributed by atoms with van der Waals surface area (Å²) in [6, 6.07) is 3.21. The Labute approximate surface area is 152 Å². The molecule has 7 nitrogen and oxygen atoms in total. The van der Waals surface area contributed by atoms with Crippen LogP contribution >= 0.6 is 11.3 Å². The number of carbonyl (C=O) groups is 1. The molecule has 1 aromatic heterocycles. The molecule has 0 aliphatic carbocycles. The standard InChI is InChI=1S/C16H24N2O5S2/c19-15(10-17-25(20,21)16-2-1-9-24-16)18-14-5-8-23-11-13(14)12-3-6-22-7-4-12/h1-2,9,12-14,17H,3-8,10-11H2,(H,18,19)/t13-,14-/m1/s1. The zero-order chi connectivity index (χ0) is 17.7. The minimum absolute atomic E-state index is 0.0237. The van der Waals surface area contributed by atoms with E-state index in [-0.39, 0.29) is 28.6 Å². The molecule has 0 spiro atoms. The number of ether oxygens (including phenoxy) is 2. The van der Waals surface area contributed by atoms with E-state index < -0.39 is 10.0 Å². The predicted molar refractivity (Wildman–Crippen MR) is 93.9 cm³/mol. The Morgan fingerprint density at radius 3 is 2.68 bits per heavy atom. The lowest BCUT2D eigenvalue weighted by Crippen LogP contribution is -2.51. The molecule has 9 heteroatoms. The number of hydrogen-bond donors (Lipinski definition) is 2. The van der Waals surface area contributed by atoms with Crippen LogP contribution in [0.3, 0.4) is 0 Å². The molecular weight excluding hydrogens is 364 g/mol. The van der Waals surface area contributed by atoms with Gasteiger partial charge in [0.1, 0.15) is 4.21 Å². The number of carbonyl (C=O) groups excluding carboxylic acids is 1. The van der Waals surface area contributed by atoms with Gasteiger partial charge in [-0.1, -0.05) is 6.07 Å². The van der Waals surface area contributed by atoms with Crippen LogP contribution in [0.25, 0.3) is 0 Å². The zero-order valence-electron chi connectivity index (χ0n) is 14.0. The Kier molecular flexibility index (Phi) is 6.45. The van der Waals surface area contributed by atoms with Gasteiger partial charge >= 0.3 is 0 Å². The zero-order valence-corrected chi connectivity index (χ0v) is 15.6. The van der Waals surface area contributed by atoms with E-state index in [1.54, 1.807) is 11.4 Å². The van der Waals surface area contributed by atoms with Crippen molar-refractivity contribution in [1.82, 2.24) is 10.0 Å². The molecule has 2 atom stereocenters. The second-order valence-electron chi connectivity index (χ2n) is 6.41. The molecule has 3 rings (SSSR count). The molecule has 2 saturated heterocycles. The highest BCUT2D eigenvalue weighted by Crippen LogP contribution is 2.30. The van der Waals surface area contributed by atoms with E-state index in [9.17, 15) is 13.2 Å². The number of hydrogen-bond acceptors (Lipinski definition) is 6. The maximum absolute atomic E-state index is 12.3. The average molecular weight is 389 g/mol. The van der Waals surface area contributed by atoms with Gasteiger partial charge < -0.3 is 14.8 Å². The maximum atomic E-state index is 12.3. The number of sulfonamides is 1. The molecule has 2 fully saturated rings. The Balaban J connectivity index is 1.53. The fourth-order valence-corrected chi connectivity index (χ4v) is 5.47. The third-order valence-electron chi connectivity index (χ3n) is 4.80. The van der Waals surface area contributed by atoms with Crippen molar-refractivity contribution in [1.29, 1.82) is 0 Å². The molecule has 0 saturated carbocycles. The summed E-state index contributed by atoms with van der Waals surface area (Å²) in [7, 11) is -3.62. The number of thiophene rings is 1. The first-order valence-corrected chi connectivity index (χ1v) is 10.9. The van der Waals surface area contributed by atoms with Crippen molar-refractivity contribution in [3.63, 3.8) is 0 Å².